The summed E-state index contributed by atoms with van der Waals surface area (Å²) in [6.07, 6.45) is -5.13. The summed E-state index contributed by atoms with van der Waals surface area (Å²) in [6.45, 7) is 1.98. The fourth-order valence-corrected chi connectivity index (χ4v) is 3.18. The number of aliphatic hydroxyl groups excluding tert-OH is 1. The second kappa shape index (κ2) is 5.89. The van der Waals surface area contributed by atoms with Crippen LogP contribution in [0.4, 0.5) is 13.2 Å². The fourth-order valence-electron chi connectivity index (χ4n) is 1.68. The Balaban J connectivity index is 3.02. The van der Waals surface area contributed by atoms with Gasteiger partial charge >= 0.3 is 0 Å². The van der Waals surface area contributed by atoms with E-state index < -0.39 is 34.9 Å². The Morgan fingerprint density at radius 2 is 1.74 bits per heavy atom. The Morgan fingerprint density at radius 1 is 1.26 bits per heavy atom. The number of aliphatic hydroxyl groups is 1. The molecule has 2 N–H and O–H groups in total. The minimum atomic E-state index is -4.08. The lowest BCUT2D eigenvalue weighted by atomic mass is 10.1. The highest BCUT2D eigenvalue weighted by molar-refractivity contribution is 7.89. The summed E-state index contributed by atoms with van der Waals surface area (Å²) in [5, 5.41) is 8.88. The molecule has 19 heavy (non-hydrogen) atoms. The summed E-state index contributed by atoms with van der Waals surface area (Å²) in [6, 6.07) is 2.07. The fraction of sp³-hybridized carbons (Fsp3) is 0.455. The van der Waals surface area contributed by atoms with E-state index in [4.69, 9.17) is 5.11 Å². The Labute approximate surface area is 109 Å². The molecule has 1 unspecified atom stereocenters. The molecule has 0 amide bonds. The molecule has 0 aliphatic heterocycles. The van der Waals surface area contributed by atoms with Gasteiger partial charge in [-0.15, -0.1) is 0 Å². The average Bonchev–Trinajstić information content (AvgIpc) is 2.23. The van der Waals surface area contributed by atoms with Gasteiger partial charge in [0.15, 0.2) is 0 Å². The maximum Gasteiger partial charge on any atom is 0.265 e. The first kappa shape index (κ1) is 15.9. The second-order valence-corrected chi connectivity index (χ2v) is 5.83. The Hall–Kier alpha value is -1.12. The van der Waals surface area contributed by atoms with Crippen LogP contribution in [0.1, 0.15) is 11.1 Å². The molecule has 0 heterocycles. The van der Waals surface area contributed by atoms with Gasteiger partial charge in [-0.2, -0.15) is 0 Å². The van der Waals surface area contributed by atoms with Crippen LogP contribution in [0.2, 0.25) is 0 Å². The monoisotopic (exact) mass is 297 g/mol. The molecule has 0 aliphatic carbocycles. The highest BCUT2D eigenvalue weighted by Gasteiger charge is 2.24. The van der Waals surface area contributed by atoms with Crippen LogP contribution in [0.5, 0.6) is 0 Å². The van der Waals surface area contributed by atoms with E-state index in [9.17, 15) is 21.6 Å². The van der Waals surface area contributed by atoms with Gasteiger partial charge in [-0.05, 0) is 37.1 Å². The Kier molecular flexibility index (Phi) is 4.94. The van der Waals surface area contributed by atoms with Gasteiger partial charge in [0.05, 0.1) is 4.90 Å². The maximum absolute atomic E-state index is 13.1. The molecule has 108 valence electrons. The van der Waals surface area contributed by atoms with Crippen molar-refractivity contribution in [2.75, 3.05) is 6.54 Å². The molecule has 0 saturated carbocycles. The zero-order chi connectivity index (χ0) is 14.8. The molecule has 8 heteroatoms. The minimum Gasteiger partial charge on any atom is -0.386 e. The van der Waals surface area contributed by atoms with E-state index in [0.717, 1.165) is 12.1 Å². The first-order valence-corrected chi connectivity index (χ1v) is 6.86. The highest BCUT2D eigenvalue weighted by Crippen LogP contribution is 2.21. The Morgan fingerprint density at radius 3 is 2.16 bits per heavy atom. The zero-order valence-corrected chi connectivity index (χ0v) is 11.1. The van der Waals surface area contributed by atoms with Crippen molar-refractivity contribution < 1.29 is 26.7 Å². The van der Waals surface area contributed by atoms with Crippen LogP contribution in [-0.4, -0.2) is 32.6 Å². The van der Waals surface area contributed by atoms with Crippen molar-refractivity contribution in [1.82, 2.24) is 4.72 Å². The van der Waals surface area contributed by atoms with Crippen molar-refractivity contribution in [2.45, 2.75) is 31.3 Å². The molecule has 0 fully saturated rings. The average molecular weight is 297 g/mol. The number of sulfonamides is 1. The van der Waals surface area contributed by atoms with Gasteiger partial charge in [0.1, 0.15) is 11.9 Å². The van der Waals surface area contributed by atoms with Crippen LogP contribution in [0.15, 0.2) is 17.0 Å². The smallest absolute Gasteiger partial charge is 0.265 e. The summed E-state index contributed by atoms with van der Waals surface area (Å²) in [7, 11) is -4.08. The van der Waals surface area contributed by atoms with Crippen molar-refractivity contribution in [1.29, 1.82) is 0 Å². The number of nitrogens with one attached hydrogen (secondary N) is 1. The SMILES string of the molecule is Cc1cc(F)cc(C)c1S(=O)(=O)NCC(O)C(F)F. The van der Waals surface area contributed by atoms with Crippen molar-refractivity contribution >= 4 is 10.0 Å². The van der Waals surface area contributed by atoms with Crippen molar-refractivity contribution in [2.24, 2.45) is 0 Å². The summed E-state index contributed by atoms with van der Waals surface area (Å²) in [4.78, 5) is -0.171. The molecule has 1 atom stereocenters. The van der Waals surface area contributed by atoms with E-state index >= 15 is 0 Å². The van der Waals surface area contributed by atoms with Crippen LogP contribution < -0.4 is 4.72 Å². The predicted octanol–water partition coefficient (Wildman–Crippen LogP) is 1.35. The molecule has 0 radical (unpaired) electrons. The van der Waals surface area contributed by atoms with Gasteiger partial charge in [0.2, 0.25) is 10.0 Å². The van der Waals surface area contributed by atoms with E-state index in [1.54, 1.807) is 0 Å². The molecule has 0 bridgehead atoms. The number of aryl methyl sites for hydroxylation is 2. The van der Waals surface area contributed by atoms with Gasteiger partial charge in [0, 0.05) is 6.54 Å². The van der Waals surface area contributed by atoms with Gasteiger partial charge in [-0.3, -0.25) is 0 Å². The van der Waals surface area contributed by atoms with E-state index in [1.807, 2.05) is 4.72 Å². The van der Waals surface area contributed by atoms with E-state index in [2.05, 4.69) is 0 Å². The van der Waals surface area contributed by atoms with Crippen LogP contribution in [0.3, 0.4) is 0 Å². The third-order valence-electron chi connectivity index (χ3n) is 2.47. The predicted molar refractivity (Wildman–Crippen MR) is 63.1 cm³/mol. The minimum absolute atomic E-state index is 0.163. The zero-order valence-electron chi connectivity index (χ0n) is 10.3. The molecular formula is C11H14F3NO3S. The first-order valence-electron chi connectivity index (χ1n) is 5.38. The van der Waals surface area contributed by atoms with Gasteiger partial charge in [-0.1, -0.05) is 0 Å². The van der Waals surface area contributed by atoms with Crippen LogP contribution in [0.25, 0.3) is 0 Å². The number of halogens is 3. The summed E-state index contributed by atoms with van der Waals surface area (Å²) >= 11 is 0. The Bertz CT molecular complexity index is 537. The van der Waals surface area contributed by atoms with Gasteiger partial charge in [0.25, 0.3) is 6.43 Å². The van der Waals surface area contributed by atoms with E-state index in [-0.39, 0.29) is 16.0 Å². The lowest BCUT2D eigenvalue weighted by Crippen LogP contribution is -2.36. The second-order valence-electron chi connectivity index (χ2n) is 4.12. The van der Waals surface area contributed by atoms with Gasteiger partial charge < -0.3 is 5.11 Å². The largest absolute Gasteiger partial charge is 0.386 e. The van der Waals surface area contributed by atoms with Crippen molar-refractivity contribution in [3.63, 3.8) is 0 Å². The molecule has 4 nitrogen and oxygen atoms in total. The van der Waals surface area contributed by atoms with Crippen LogP contribution in [-0.2, 0) is 10.0 Å². The lowest BCUT2D eigenvalue weighted by Gasteiger charge is -2.14. The molecular weight excluding hydrogens is 283 g/mol. The third-order valence-corrected chi connectivity index (χ3v) is 4.20. The third kappa shape index (κ3) is 3.92. The van der Waals surface area contributed by atoms with Crippen LogP contribution in [0, 0.1) is 19.7 Å². The summed E-state index contributed by atoms with van der Waals surface area (Å²) in [5.41, 5.74) is 0.327. The highest BCUT2D eigenvalue weighted by atomic mass is 32.2. The van der Waals surface area contributed by atoms with Crippen LogP contribution >= 0.6 is 0 Å². The van der Waals surface area contributed by atoms with Crippen molar-refractivity contribution in [3.8, 4) is 0 Å². The van der Waals surface area contributed by atoms with E-state index in [1.165, 1.54) is 13.8 Å². The molecule has 0 aliphatic rings. The molecule has 1 rings (SSSR count). The number of hydrogen-bond acceptors (Lipinski definition) is 3. The quantitative estimate of drug-likeness (QED) is 0.862. The molecule has 0 aromatic heterocycles. The van der Waals surface area contributed by atoms with Crippen molar-refractivity contribution in [3.05, 3.63) is 29.1 Å². The van der Waals surface area contributed by atoms with Gasteiger partial charge in [-0.25, -0.2) is 26.3 Å². The number of rotatable bonds is 5. The maximum atomic E-state index is 13.1. The number of benzene rings is 1. The summed E-state index contributed by atoms with van der Waals surface area (Å²) in [5.74, 6) is -0.582. The number of alkyl halides is 2. The topological polar surface area (TPSA) is 66.4 Å². The molecule has 0 saturated heterocycles. The molecule has 1 aromatic carbocycles. The summed E-state index contributed by atoms with van der Waals surface area (Å²) < 4.78 is 63.0. The first-order chi connectivity index (χ1) is 8.65. The lowest BCUT2D eigenvalue weighted by molar-refractivity contribution is -0.000453. The molecule has 0 spiro atoms. The normalized spacial score (nSPS) is 13.8. The molecule has 1 aromatic rings. The van der Waals surface area contributed by atoms with E-state index in [0.29, 0.717) is 0 Å². The number of hydrogen-bond donors (Lipinski definition) is 2. The standard InChI is InChI=1S/C11H14F3NO3S/c1-6-3-8(12)4-7(2)10(6)19(17,18)15-5-9(16)11(13)14/h3-4,9,11,15-16H,5H2,1-2H3.